The standard InChI is InChI=1S/C17H20N9O8PS3/c1-25-17(21-23-24-25)38-5-7-4-36-14-10(13(28)26(14)11(7)15(29)30)20-12(27)9(8-6-37-16(18)19-8)22-34-2-3-35(31,32)33/h6,10,14H,2-5H2,1H3,(H2,18,19)(H,20,27)(H,29,30)(H2,31,32,33)/t10?,14-/m0/s1. The Balaban J connectivity index is 1.47. The summed E-state index contributed by atoms with van der Waals surface area (Å²) in [5, 5.41) is 28.5. The fourth-order valence-electron chi connectivity index (χ4n) is 3.37. The predicted molar refractivity (Wildman–Crippen MR) is 135 cm³/mol. The third kappa shape index (κ3) is 6.16. The predicted octanol–water partition coefficient (Wildman–Crippen LogP) is -1.32. The average molecular weight is 606 g/mol. The van der Waals surface area contributed by atoms with Crippen LogP contribution < -0.4 is 11.1 Å². The zero-order chi connectivity index (χ0) is 27.6. The molecule has 2 aromatic rings. The normalized spacial score (nSPS) is 19.7. The van der Waals surface area contributed by atoms with Gasteiger partial charge in [0, 0.05) is 23.9 Å². The largest absolute Gasteiger partial charge is 0.477 e. The van der Waals surface area contributed by atoms with Crippen LogP contribution >= 0.6 is 42.5 Å². The van der Waals surface area contributed by atoms with Crippen LogP contribution in [0.25, 0.3) is 0 Å². The van der Waals surface area contributed by atoms with Crippen molar-refractivity contribution in [2.24, 2.45) is 12.2 Å². The van der Waals surface area contributed by atoms with Gasteiger partial charge in [-0.2, -0.15) is 0 Å². The van der Waals surface area contributed by atoms with Crippen LogP contribution in [0, 0.1) is 0 Å². The number of tetrazole rings is 1. The number of nitrogen functional groups attached to an aromatic ring is 1. The number of aliphatic carboxylic acids is 1. The van der Waals surface area contributed by atoms with Crippen LogP contribution in [0.3, 0.4) is 0 Å². The van der Waals surface area contributed by atoms with Crippen molar-refractivity contribution >= 4 is 71.1 Å². The molecule has 4 heterocycles. The third-order valence-electron chi connectivity index (χ3n) is 5.10. The van der Waals surface area contributed by atoms with Crippen LogP contribution in [-0.2, 0) is 30.8 Å². The maximum absolute atomic E-state index is 13.0. The molecule has 1 saturated heterocycles. The van der Waals surface area contributed by atoms with Crippen molar-refractivity contribution in [2.75, 3.05) is 30.0 Å². The second kappa shape index (κ2) is 11.4. The highest BCUT2D eigenvalue weighted by molar-refractivity contribution is 8.01. The maximum Gasteiger partial charge on any atom is 0.352 e. The number of nitrogens with zero attached hydrogens (tertiary/aromatic N) is 7. The number of carboxylic acids is 1. The molecule has 2 aliphatic heterocycles. The Morgan fingerprint density at radius 2 is 2.18 bits per heavy atom. The lowest BCUT2D eigenvalue weighted by atomic mass is 10.0. The number of rotatable bonds is 11. The number of nitrogens with one attached hydrogen (secondary N) is 1. The minimum Gasteiger partial charge on any atom is -0.477 e. The molecule has 1 fully saturated rings. The zero-order valence-corrected chi connectivity index (χ0v) is 22.7. The molecule has 0 bridgehead atoms. The van der Waals surface area contributed by atoms with E-state index >= 15 is 0 Å². The summed E-state index contributed by atoms with van der Waals surface area (Å²) in [6.07, 6.45) is -0.628. The first-order valence-electron chi connectivity index (χ1n) is 10.5. The fraction of sp³-hybridized carbons (Fsp3) is 0.412. The van der Waals surface area contributed by atoms with Crippen LogP contribution in [0.1, 0.15) is 5.69 Å². The molecule has 0 aromatic carbocycles. The second-order valence-corrected chi connectivity index (χ2v) is 12.4. The van der Waals surface area contributed by atoms with Gasteiger partial charge in [0.25, 0.3) is 11.8 Å². The number of aromatic nitrogens is 5. The third-order valence-corrected chi connectivity index (χ3v) is 8.98. The Bertz CT molecular complexity index is 1370. The number of fused-ring (bicyclic) bond motifs is 1. The number of aryl methyl sites for hydroxylation is 1. The van der Waals surface area contributed by atoms with E-state index in [0.717, 1.165) is 16.2 Å². The number of hydrogen-bond acceptors (Lipinski definition) is 14. The summed E-state index contributed by atoms with van der Waals surface area (Å²) < 4.78 is 12.5. The molecule has 0 radical (unpaired) electrons. The number of carbonyl (C=O) groups excluding carboxylic acids is 2. The summed E-state index contributed by atoms with van der Waals surface area (Å²) in [4.78, 5) is 66.0. The molecule has 2 amide bonds. The van der Waals surface area contributed by atoms with E-state index < -0.39 is 49.6 Å². The first-order valence-corrected chi connectivity index (χ1v) is 15.2. The van der Waals surface area contributed by atoms with Gasteiger partial charge in [0.1, 0.15) is 29.4 Å². The molecular formula is C17H20N9O8PS3. The summed E-state index contributed by atoms with van der Waals surface area (Å²) in [6, 6.07) is -1.06. The summed E-state index contributed by atoms with van der Waals surface area (Å²) in [6.45, 7) is -0.479. The number of anilines is 1. The number of thiazole rings is 1. The smallest absolute Gasteiger partial charge is 0.352 e. The molecule has 4 rings (SSSR count). The van der Waals surface area contributed by atoms with E-state index in [9.17, 15) is 24.1 Å². The van der Waals surface area contributed by atoms with E-state index in [1.54, 1.807) is 7.05 Å². The Hall–Kier alpha value is -3.03. The van der Waals surface area contributed by atoms with E-state index in [0.29, 0.717) is 10.7 Å². The summed E-state index contributed by atoms with van der Waals surface area (Å²) in [7, 11) is -2.70. The maximum atomic E-state index is 13.0. The molecule has 38 heavy (non-hydrogen) atoms. The first kappa shape index (κ1) is 28.0. The van der Waals surface area contributed by atoms with E-state index in [1.165, 1.54) is 33.6 Å². The van der Waals surface area contributed by atoms with Crippen LogP contribution in [0.5, 0.6) is 0 Å². The van der Waals surface area contributed by atoms with E-state index in [-0.39, 0.29) is 33.7 Å². The van der Waals surface area contributed by atoms with Gasteiger partial charge in [0.05, 0.1) is 6.16 Å². The van der Waals surface area contributed by atoms with Gasteiger partial charge in [0.2, 0.25) is 5.16 Å². The molecule has 21 heteroatoms. The Morgan fingerprint density at radius 1 is 1.42 bits per heavy atom. The molecule has 6 N–H and O–H groups in total. The molecule has 0 saturated carbocycles. The number of amides is 2. The van der Waals surface area contributed by atoms with Crippen LogP contribution in [0.15, 0.2) is 27.0 Å². The minimum absolute atomic E-state index is 0.0322. The number of thioether (sulfide) groups is 2. The van der Waals surface area contributed by atoms with Gasteiger partial charge in [-0.1, -0.05) is 16.9 Å². The highest BCUT2D eigenvalue weighted by atomic mass is 32.2. The van der Waals surface area contributed by atoms with Crippen molar-refractivity contribution < 1.29 is 38.7 Å². The van der Waals surface area contributed by atoms with E-state index in [2.05, 4.69) is 31.0 Å². The van der Waals surface area contributed by atoms with Crippen molar-refractivity contribution in [1.29, 1.82) is 0 Å². The molecule has 0 aliphatic carbocycles. The lowest BCUT2D eigenvalue weighted by molar-refractivity contribution is -0.150. The van der Waals surface area contributed by atoms with Gasteiger partial charge in [-0.15, -0.1) is 28.2 Å². The zero-order valence-electron chi connectivity index (χ0n) is 19.3. The number of carboxylic acid groups (broad SMARTS) is 1. The number of nitrogens with two attached hydrogens (primary N) is 1. The molecular weight excluding hydrogens is 585 g/mol. The van der Waals surface area contributed by atoms with Crippen LogP contribution in [0.4, 0.5) is 5.13 Å². The molecule has 1 unspecified atom stereocenters. The quantitative estimate of drug-likeness (QED) is 0.0497. The van der Waals surface area contributed by atoms with Gasteiger partial charge in [-0.05, 0) is 16.0 Å². The Labute approximate surface area is 226 Å². The molecule has 204 valence electrons. The first-order chi connectivity index (χ1) is 18.0. The number of hydrogen-bond donors (Lipinski definition) is 5. The SMILES string of the molecule is Cn1nnnc1SCC1=C(C(=O)O)N2C(=O)C(NC(=O)C(=NOCCP(=O)(O)O)c3csc(N)n3)[C@@H]2SC1. The van der Waals surface area contributed by atoms with Gasteiger partial charge in [-0.25, -0.2) is 14.5 Å². The van der Waals surface area contributed by atoms with Gasteiger partial charge in [-0.3, -0.25) is 19.1 Å². The Morgan fingerprint density at radius 3 is 2.79 bits per heavy atom. The van der Waals surface area contributed by atoms with E-state index in [4.69, 9.17) is 20.4 Å². The highest BCUT2D eigenvalue weighted by Crippen LogP contribution is 2.41. The number of oxime groups is 1. The summed E-state index contributed by atoms with van der Waals surface area (Å²) in [5.41, 5.74) is 5.65. The average Bonchev–Trinajstić information content (AvgIpc) is 3.46. The lowest BCUT2D eigenvalue weighted by Gasteiger charge is -2.49. The minimum atomic E-state index is -4.35. The fourth-order valence-corrected chi connectivity index (χ4v) is 6.57. The van der Waals surface area contributed by atoms with Gasteiger partial charge in [0.15, 0.2) is 10.8 Å². The second-order valence-electron chi connectivity index (χ2n) is 7.72. The highest BCUT2D eigenvalue weighted by Gasteiger charge is 2.54. The molecule has 2 atom stereocenters. The van der Waals surface area contributed by atoms with Crippen molar-refractivity contribution in [2.45, 2.75) is 16.6 Å². The molecule has 2 aromatic heterocycles. The summed E-state index contributed by atoms with van der Waals surface area (Å²) >= 11 is 3.52. The number of β-lactam (4-membered cyclic amide) rings is 1. The molecule has 2 aliphatic rings. The molecule has 0 spiro atoms. The van der Waals surface area contributed by atoms with E-state index in [1.807, 2.05) is 0 Å². The van der Waals surface area contributed by atoms with Crippen molar-refractivity contribution in [3.63, 3.8) is 0 Å². The number of carbonyl (C=O) groups is 3. The Kier molecular flexibility index (Phi) is 8.38. The lowest BCUT2D eigenvalue weighted by Crippen LogP contribution is -2.71. The van der Waals surface area contributed by atoms with Gasteiger partial charge >= 0.3 is 13.6 Å². The van der Waals surface area contributed by atoms with Crippen LogP contribution in [-0.4, -0.2) is 104 Å². The topological polar surface area (TPSA) is 248 Å². The van der Waals surface area contributed by atoms with Crippen molar-refractivity contribution in [3.8, 4) is 0 Å². The summed E-state index contributed by atoms with van der Waals surface area (Å²) in [5.74, 6) is -2.24. The van der Waals surface area contributed by atoms with Crippen LogP contribution in [0.2, 0.25) is 0 Å². The van der Waals surface area contributed by atoms with Crippen molar-refractivity contribution in [3.05, 3.63) is 22.3 Å². The molecule has 17 nitrogen and oxygen atoms in total. The van der Waals surface area contributed by atoms with Crippen molar-refractivity contribution in [1.82, 2.24) is 35.4 Å². The van der Waals surface area contributed by atoms with Gasteiger partial charge < -0.3 is 30.8 Å². The monoisotopic (exact) mass is 605 g/mol.